The smallest absolute Gasteiger partial charge is 0.262 e. The highest BCUT2D eigenvalue weighted by molar-refractivity contribution is 8.14. The minimum atomic E-state index is -4.08. The summed E-state index contributed by atoms with van der Waals surface area (Å²) in [5, 5.41) is 9.59. The van der Waals surface area contributed by atoms with Crippen LogP contribution in [0.1, 0.15) is 16.8 Å². The van der Waals surface area contributed by atoms with Crippen molar-refractivity contribution in [3.05, 3.63) is 42.0 Å². The summed E-state index contributed by atoms with van der Waals surface area (Å²) in [6, 6.07) is 11.4. The molecule has 0 fully saturated rings. The molecule has 2 aromatic rings. The molecule has 0 radical (unpaired) electrons. The molecule has 0 aliphatic carbocycles. The average molecular weight is 294 g/mol. The fourth-order valence-corrected chi connectivity index (χ4v) is 3.28. The van der Waals surface area contributed by atoms with Crippen molar-refractivity contribution in [3.8, 4) is 6.07 Å². The third-order valence-electron chi connectivity index (χ3n) is 2.66. The van der Waals surface area contributed by atoms with Crippen LogP contribution in [0.2, 0.25) is 0 Å². The first kappa shape index (κ1) is 13.5. The number of ketones is 1. The standard InChI is InChI=1S/C13H8ClNO3S/c14-19(17,18)13-10-4-2-1-3-9(10)5-6-11(13)12(16)7-8-15/h1-6H,7H2. The molecule has 0 heterocycles. The molecular formula is C13H8ClNO3S. The maximum Gasteiger partial charge on any atom is 0.262 e. The van der Waals surface area contributed by atoms with E-state index in [0.29, 0.717) is 10.8 Å². The van der Waals surface area contributed by atoms with Crippen molar-refractivity contribution in [3.63, 3.8) is 0 Å². The third-order valence-corrected chi connectivity index (χ3v) is 4.05. The summed E-state index contributed by atoms with van der Waals surface area (Å²) in [6.45, 7) is 0. The van der Waals surface area contributed by atoms with Crippen LogP contribution < -0.4 is 0 Å². The van der Waals surface area contributed by atoms with Crippen LogP contribution >= 0.6 is 10.7 Å². The molecule has 0 aromatic heterocycles. The lowest BCUT2D eigenvalue weighted by atomic mass is 10.0. The fourth-order valence-electron chi connectivity index (χ4n) is 1.89. The van der Waals surface area contributed by atoms with E-state index in [1.54, 1.807) is 36.4 Å². The van der Waals surface area contributed by atoms with E-state index in [0.717, 1.165) is 0 Å². The van der Waals surface area contributed by atoms with Crippen LogP contribution in [0.4, 0.5) is 0 Å². The number of carbonyl (C=O) groups excluding carboxylic acids is 1. The maximum absolute atomic E-state index is 11.8. The monoisotopic (exact) mass is 293 g/mol. The zero-order valence-corrected chi connectivity index (χ0v) is 11.2. The predicted octanol–water partition coefficient (Wildman–Crippen LogP) is 2.86. The summed E-state index contributed by atoms with van der Waals surface area (Å²) >= 11 is 0. The summed E-state index contributed by atoms with van der Waals surface area (Å²) in [4.78, 5) is 11.6. The van der Waals surface area contributed by atoms with E-state index < -0.39 is 21.3 Å². The number of benzene rings is 2. The van der Waals surface area contributed by atoms with Gasteiger partial charge in [-0.1, -0.05) is 30.3 Å². The number of nitrogens with zero attached hydrogens (tertiary/aromatic N) is 1. The minimum absolute atomic E-state index is 0.0461. The third kappa shape index (κ3) is 2.60. The Morgan fingerprint density at radius 1 is 1.21 bits per heavy atom. The zero-order chi connectivity index (χ0) is 14.0. The second-order valence-corrected chi connectivity index (χ2v) is 6.36. The van der Waals surface area contributed by atoms with E-state index in [4.69, 9.17) is 15.9 Å². The molecule has 0 spiro atoms. The number of nitriles is 1. The van der Waals surface area contributed by atoms with E-state index in [2.05, 4.69) is 0 Å². The van der Waals surface area contributed by atoms with Gasteiger partial charge in [-0.05, 0) is 11.5 Å². The Hall–Kier alpha value is -1.90. The first-order valence-corrected chi connectivity index (χ1v) is 7.62. The molecule has 0 saturated heterocycles. The van der Waals surface area contributed by atoms with Gasteiger partial charge in [-0.15, -0.1) is 0 Å². The SMILES string of the molecule is N#CCC(=O)c1ccc2ccccc2c1S(=O)(=O)Cl. The number of Topliss-reactive ketones (excluding diaryl/α,β-unsaturated/α-hetero) is 1. The van der Waals surface area contributed by atoms with Crippen LogP contribution in [0, 0.1) is 11.3 Å². The van der Waals surface area contributed by atoms with Crippen LogP contribution in [0.5, 0.6) is 0 Å². The Labute approximate surface area is 114 Å². The van der Waals surface area contributed by atoms with Gasteiger partial charge >= 0.3 is 0 Å². The number of halogens is 1. The molecule has 0 aliphatic heterocycles. The molecule has 4 nitrogen and oxygen atoms in total. The minimum Gasteiger partial charge on any atom is -0.293 e. The molecule has 2 rings (SSSR count). The zero-order valence-electron chi connectivity index (χ0n) is 9.63. The Bertz CT molecular complexity index is 806. The number of fused-ring (bicyclic) bond motifs is 1. The van der Waals surface area contributed by atoms with Crippen molar-refractivity contribution in [2.75, 3.05) is 0 Å². The van der Waals surface area contributed by atoms with Gasteiger partial charge < -0.3 is 0 Å². The molecule has 2 aromatic carbocycles. The summed E-state index contributed by atoms with van der Waals surface area (Å²) in [5.41, 5.74) is -0.0461. The maximum atomic E-state index is 11.8. The van der Waals surface area contributed by atoms with Crippen molar-refractivity contribution in [1.29, 1.82) is 5.26 Å². The lowest BCUT2D eigenvalue weighted by Gasteiger charge is -2.08. The van der Waals surface area contributed by atoms with Crippen molar-refractivity contribution in [2.24, 2.45) is 0 Å². The van der Waals surface area contributed by atoms with Gasteiger partial charge in [0.1, 0.15) is 4.90 Å². The summed E-state index contributed by atoms with van der Waals surface area (Å²) < 4.78 is 23.4. The molecule has 0 saturated carbocycles. The van der Waals surface area contributed by atoms with Crippen molar-refractivity contribution in [2.45, 2.75) is 11.3 Å². The van der Waals surface area contributed by atoms with Gasteiger partial charge in [0.25, 0.3) is 9.05 Å². The van der Waals surface area contributed by atoms with Crippen molar-refractivity contribution in [1.82, 2.24) is 0 Å². The molecule has 19 heavy (non-hydrogen) atoms. The molecule has 0 bridgehead atoms. The molecule has 6 heteroatoms. The average Bonchev–Trinajstić information content (AvgIpc) is 2.36. The van der Waals surface area contributed by atoms with E-state index in [-0.39, 0.29) is 10.5 Å². The highest BCUT2D eigenvalue weighted by atomic mass is 35.7. The van der Waals surface area contributed by atoms with Gasteiger partial charge in [-0.25, -0.2) is 8.42 Å². The Kier molecular flexibility index (Phi) is 3.56. The van der Waals surface area contributed by atoms with Crippen molar-refractivity contribution < 1.29 is 13.2 Å². The summed E-state index contributed by atoms with van der Waals surface area (Å²) in [5.74, 6) is -0.563. The number of carbonyl (C=O) groups is 1. The Balaban J connectivity index is 2.87. The molecule has 0 amide bonds. The van der Waals surface area contributed by atoms with E-state index in [1.807, 2.05) is 0 Å². The molecule has 0 atom stereocenters. The van der Waals surface area contributed by atoms with Crippen molar-refractivity contribution >= 4 is 36.3 Å². The van der Waals surface area contributed by atoms with E-state index in [9.17, 15) is 13.2 Å². The van der Waals surface area contributed by atoms with Crippen LogP contribution in [0.15, 0.2) is 41.3 Å². The second-order valence-electron chi connectivity index (χ2n) is 3.86. The Morgan fingerprint density at radius 2 is 1.89 bits per heavy atom. The highest BCUT2D eigenvalue weighted by Crippen LogP contribution is 2.30. The molecule has 96 valence electrons. The number of hydrogen-bond acceptors (Lipinski definition) is 4. The number of hydrogen-bond donors (Lipinski definition) is 0. The normalized spacial score (nSPS) is 11.2. The summed E-state index contributed by atoms with van der Waals surface area (Å²) in [6.07, 6.45) is -0.391. The summed E-state index contributed by atoms with van der Waals surface area (Å²) in [7, 11) is 1.34. The van der Waals surface area contributed by atoms with Gasteiger partial charge in [0, 0.05) is 21.6 Å². The molecule has 0 N–H and O–H groups in total. The lowest BCUT2D eigenvalue weighted by Crippen LogP contribution is -2.06. The predicted molar refractivity (Wildman–Crippen MR) is 71.5 cm³/mol. The molecular weight excluding hydrogens is 286 g/mol. The molecule has 0 aliphatic rings. The van der Waals surface area contributed by atoms with Gasteiger partial charge in [-0.3, -0.25) is 4.79 Å². The van der Waals surface area contributed by atoms with E-state index >= 15 is 0 Å². The van der Waals surface area contributed by atoms with Crippen LogP contribution in [0.3, 0.4) is 0 Å². The van der Waals surface area contributed by atoms with Gasteiger partial charge in [-0.2, -0.15) is 5.26 Å². The Morgan fingerprint density at radius 3 is 2.53 bits per heavy atom. The fraction of sp³-hybridized carbons (Fsp3) is 0.0769. The first-order valence-electron chi connectivity index (χ1n) is 5.31. The van der Waals surface area contributed by atoms with Gasteiger partial charge in [0.15, 0.2) is 5.78 Å². The highest BCUT2D eigenvalue weighted by Gasteiger charge is 2.23. The topological polar surface area (TPSA) is 75.0 Å². The van der Waals surface area contributed by atoms with E-state index in [1.165, 1.54) is 6.07 Å². The van der Waals surface area contributed by atoms with Gasteiger partial charge in [0.2, 0.25) is 0 Å². The van der Waals surface area contributed by atoms with Crippen LogP contribution in [0.25, 0.3) is 10.8 Å². The van der Waals surface area contributed by atoms with Crippen LogP contribution in [-0.4, -0.2) is 14.2 Å². The first-order chi connectivity index (χ1) is 8.95. The number of rotatable bonds is 3. The molecule has 0 unspecified atom stereocenters. The quantitative estimate of drug-likeness (QED) is 0.644. The largest absolute Gasteiger partial charge is 0.293 e. The van der Waals surface area contributed by atoms with Gasteiger partial charge in [0.05, 0.1) is 12.5 Å². The van der Waals surface area contributed by atoms with Crippen LogP contribution in [-0.2, 0) is 9.05 Å². The lowest BCUT2D eigenvalue weighted by molar-refractivity contribution is 0.0995. The second kappa shape index (κ2) is 5.00.